The summed E-state index contributed by atoms with van der Waals surface area (Å²) in [5.74, 6) is 0.185. The van der Waals surface area contributed by atoms with Crippen LogP contribution in [0.2, 0.25) is 0 Å². The number of nitrogens with zero attached hydrogens (tertiary/aromatic N) is 1. The van der Waals surface area contributed by atoms with E-state index in [1.807, 2.05) is 0 Å². The van der Waals surface area contributed by atoms with Crippen LogP contribution in [0.4, 0.5) is 0 Å². The lowest BCUT2D eigenvalue weighted by atomic mass is 10.0. The third kappa shape index (κ3) is 2.72. The molecule has 0 aromatic rings. The topological polar surface area (TPSA) is 63.4 Å². The summed E-state index contributed by atoms with van der Waals surface area (Å²) < 4.78 is 0. The largest absolute Gasteiger partial charge is 0.368 e. The minimum atomic E-state index is -0.422. The highest BCUT2D eigenvalue weighted by molar-refractivity contribution is 5.85. The third-order valence-corrected chi connectivity index (χ3v) is 2.52. The summed E-state index contributed by atoms with van der Waals surface area (Å²) in [6.45, 7) is 4.31. The first-order valence-electron chi connectivity index (χ1n) is 5.08. The molecule has 1 heterocycles. The van der Waals surface area contributed by atoms with Crippen LogP contribution in [0.15, 0.2) is 0 Å². The number of rotatable bonds is 4. The van der Waals surface area contributed by atoms with Crippen LogP contribution in [0.1, 0.15) is 33.1 Å². The van der Waals surface area contributed by atoms with Crippen molar-refractivity contribution >= 4 is 11.8 Å². The van der Waals surface area contributed by atoms with Gasteiger partial charge in [0.1, 0.15) is 0 Å². The molecule has 4 heteroatoms. The summed E-state index contributed by atoms with van der Waals surface area (Å²) in [6.07, 6.45) is 2.38. The van der Waals surface area contributed by atoms with Crippen LogP contribution < -0.4 is 5.73 Å². The normalized spacial score (nSPS) is 22.1. The molecule has 4 nitrogen and oxygen atoms in total. The van der Waals surface area contributed by atoms with Crippen molar-refractivity contribution in [3.63, 3.8) is 0 Å². The van der Waals surface area contributed by atoms with Crippen LogP contribution in [0, 0.1) is 5.92 Å². The highest BCUT2D eigenvalue weighted by Gasteiger charge is 2.31. The molecule has 1 aliphatic rings. The second-order valence-electron chi connectivity index (χ2n) is 4.31. The van der Waals surface area contributed by atoms with Crippen LogP contribution in [0.25, 0.3) is 0 Å². The molecule has 2 amide bonds. The van der Waals surface area contributed by atoms with E-state index in [0.717, 1.165) is 12.8 Å². The van der Waals surface area contributed by atoms with E-state index in [9.17, 15) is 9.59 Å². The Morgan fingerprint density at radius 1 is 1.64 bits per heavy atom. The summed E-state index contributed by atoms with van der Waals surface area (Å²) in [7, 11) is 0. The molecule has 1 rings (SSSR count). The van der Waals surface area contributed by atoms with E-state index in [2.05, 4.69) is 13.8 Å². The predicted molar refractivity (Wildman–Crippen MR) is 53.4 cm³/mol. The lowest BCUT2D eigenvalue weighted by molar-refractivity contribution is -0.133. The maximum Gasteiger partial charge on any atom is 0.237 e. The van der Waals surface area contributed by atoms with Gasteiger partial charge in [0.15, 0.2) is 0 Å². The average molecular weight is 198 g/mol. The zero-order valence-electron chi connectivity index (χ0n) is 8.82. The molecular formula is C10H18N2O2. The first-order chi connectivity index (χ1) is 6.50. The Kier molecular flexibility index (Phi) is 3.49. The van der Waals surface area contributed by atoms with Crippen LogP contribution in [0.5, 0.6) is 0 Å². The number of hydrogen-bond donors (Lipinski definition) is 1. The molecule has 1 atom stereocenters. The molecule has 0 aromatic carbocycles. The molecule has 80 valence electrons. The second-order valence-corrected chi connectivity index (χ2v) is 4.31. The third-order valence-electron chi connectivity index (χ3n) is 2.52. The summed E-state index contributed by atoms with van der Waals surface area (Å²) in [5, 5.41) is 0. The summed E-state index contributed by atoms with van der Waals surface area (Å²) >= 11 is 0. The van der Waals surface area contributed by atoms with Gasteiger partial charge in [0.2, 0.25) is 11.8 Å². The van der Waals surface area contributed by atoms with Gasteiger partial charge in [0.05, 0.1) is 6.54 Å². The fraction of sp³-hybridized carbons (Fsp3) is 0.800. The van der Waals surface area contributed by atoms with Crippen molar-refractivity contribution in [2.24, 2.45) is 11.7 Å². The number of nitrogens with two attached hydrogens (primary N) is 1. The number of amides is 2. The van der Waals surface area contributed by atoms with Gasteiger partial charge in [-0.1, -0.05) is 13.8 Å². The molecule has 0 radical (unpaired) electrons. The molecule has 0 aromatic heterocycles. The second kappa shape index (κ2) is 4.44. The molecule has 0 bridgehead atoms. The van der Waals surface area contributed by atoms with Crippen LogP contribution in [-0.2, 0) is 9.59 Å². The van der Waals surface area contributed by atoms with Gasteiger partial charge >= 0.3 is 0 Å². The van der Waals surface area contributed by atoms with Gasteiger partial charge in [-0.3, -0.25) is 9.59 Å². The van der Waals surface area contributed by atoms with E-state index >= 15 is 0 Å². The molecule has 0 aliphatic carbocycles. The molecule has 14 heavy (non-hydrogen) atoms. The van der Waals surface area contributed by atoms with Crippen molar-refractivity contribution < 1.29 is 9.59 Å². The number of likely N-dealkylation sites (tertiary alicyclic amines) is 1. The number of carbonyl (C=O) groups excluding carboxylic acids is 2. The zero-order valence-corrected chi connectivity index (χ0v) is 8.82. The van der Waals surface area contributed by atoms with E-state index in [4.69, 9.17) is 5.73 Å². The van der Waals surface area contributed by atoms with Gasteiger partial charge < -0.3 is 10.6 Å². The summed E-state index contributed by atoms with van der Waals surface area (Å²) in [5.41, 5.74) is 5.09. The monoisotopic (exact) mass is 198 g/mol. The van der Waals surface area contributed by atoms with Crippen LogP contribution >= 0.6 is 0 Å². The van der Waals surface area contributed by atoms with Crippen molar-refractivity contribution in [2.45, 2.75) is 39.2 Å². The fourth-order valence-electron chi connectivity index (χ4n) is 1.97. The maximum atomic E-state index is 11.4. The van der Waals surface area contributed by atoms with Crippen LogP contribution in [0.3, 0.4) is 0 Å². The Balaban J connectivity index is 2.57. The van der Waals surface area contributed by atoms with E-state index in [1.54, 1.807) is 4.90 Å². The highest BCUT2D eigenvalue weighted by atomic mass is 16.2. The Morgan fingerprint density at radius 2 is 2.29 bits per heavy atom. The SMILES string of the molecule is CC(C)CC1CCC(=O)N1CC(N)=O. The lowest BCUT2D eigenvalue weighted by Crippen LogP contribution is -2.40. The smallest absolute Gasteiger partial charge is 0.237 e. The molecule has 0 spiro atoms. The average Bonchev–Trinajstić information content (AvgIpc) is 2.34. The Labute approximate surface area is 84.4 Å². The molecule has 0 saturated carbocycles. The van der Waals surface area contributed by atoms with Gasteiger partial charge in [-0.25, -0.2) is 0 Å². The van der Waals surface area contributed by atoms with Crippen LogP contribution in [-0.4, -0.2) is 29.3 Å². The molecule has 1 fully saturated rings. The standard InChI is InChI=1S/C10H18N2O2/c1-7(2)5-8-3-4-10(14)12(8)6-9(11)13/h7-8H,3-6H2,1-2H3,(H2,11,13). The van der Waals surface area contributed by atoms with Crippen molar-refractivity contribution in [2.75, 3.05) is 6.54 Å². The Hall–Kier alpha value is -1.06. The number of carbonyl (C=O) groups is 2. The molecular weight excluding hydrogens is 180 g/mol. The van der Waals surface area contributed by atoms with Crippen molar-refractivity contribution in [3.8, 4) is 0 Å². The molecule has 2 N–H and O–H groups in total. The minimum Gasteiger partial charge on any atom is -0.368 e. The quantitative estimate of drug-likeness (QED) is 0.715. The van der Waals surface area contributed by atoms with E-state index < -0.39 is 5.91 Å². The molecule has 1 saturated heterocycles. The first kappa shape index (κ1) is 11.0. The van der Waals surface area contributed by atoms with Gasteiger partial charge in [0.25, 0.3) is 0 Å². The van der Waals surface area contributed by atoms with Crippen molar-refractivity contribution in [3.05, 3.63) is 0 Å². The van der Waals surface area contributed by atoms with Gasteiger partial charge in [-0.15, -0.1) is 0 Å². The molecule has 1 unspecified atom stereocenters. The fourth-order valence-corrected chi connectivity index (χ4v) is 1.97. The highest BCUT2D eigenvalue weighted by Crippen LogP contribution is 2.23. The van der Waals surface area contributed by atoms with Crippen molar-refractivity contribution in [1.29, 1.82) is 0 Å². The summed E-state index contributed by atoms with van der Waals surface area (Å²) in [6, 6.07) is 0.218. The first-order valence-corrected chi connectivity index (χ1v) is 5.08. The summed E-state index contributed by atoms with van der Waals surface area (Å²) in [4.78, 5) is 23.8. The molecule has 1 aliphatic heterocycles. The maximum absolute atomic E-state index is 11.4. The van der Waals surface area contributed by atoms with Crippen molar-refractivity contribution in [1.82, 2.24) is 4.90 Å². The Morgan fingerprint density at radius 3 is 2.79 bits per heavy atom. The minimum absolute atomic E-state index is 0.0643. The van der Waals surface area contributed by atoms with Gasteiger partial charge in [-0.05, 0) is 18.8 Å². The van der Waals surface area contributed by atoms with E-state index in [0.29, 0.717) is 12.3 Å². The lowest BCUT2D eigenvalue weighted by Gasteiger charge is -2.24. The Bertz CT molecular complexity index is 238. The van der Waals surface area contributed by atoms with Gasteiger partial charge in [-0.2, -0.15) is 0 Å². The number of hydrogen-bond acceptors (Lipinski definition) is 2. The van der Waals surface area contributed by atoms with Gasteiger partial charge in [0, 0.05) is 12.5 Å². The number of primary amides is 1. The predicted octanol–water partition coefficient (Wildman–Crippen LogP) is 0.509. The zero-order chi connectivity index (χ0) is 10.7. The van der Waals surface area contributed by atoms with E-state index in [1.165, 1.54) is 0 Å². The van der Waals surface area contributed by atoms with E-state index in [-0.39, 0.29) is 18.5 Å².